The molecule has 0 spiro atoms. The molecule has 0 saturated carbocycles. The highest BCUT2D eigenvalue weighted by atomic mass is 16.4. The quantitative estimate of drug-likeness (QED) is 0.443. The van der Waals surface area contributed by atoms with Gasteiger partial charge in [-0.25, -0.2) is 4.79 Å². The summed E-state index contributed by atoms with van der Waals surface area (Å²) < 4.78 is 6.94. The van der Waals surface area contributed by atoms with Crippen molar-refractivity contribution >= 4 is 38.7 Å². The van der Waals surface area contributed by atoms with Gasteiger partial charge in [-0.1, -0.05) is 29.8 Å². The first-order chi connectivity index (χ1) is 14.6. The molecule has 150 valence electrons. The van der Waals surface area contributed by atoms with E-state index in [4.69, 9.17) is 4.42 Å². The topological polar surface area (TPSA) is 92.9 Å². The number of hydrogen-bond donors (Lipinski definition) is 2. The van der Waals surface area contributed by atoms with E-state index in [1.807, 2.05) is 43.5 Å². The van der Waals surface area contributed by atoms with Crippen LogP contribution < -0.4 is 10.9 Å². The van der Waals surface area contributed by atoms with Crippen molar-refractivity contribution in [2.24, 2.45) is 0 Å². The van der Waals surface area contributed by atoms with Crippen molar-refractivity contribution in [2.45, 2.75) is 19.9 Å². The molecule has 7 heteroatoms. The summed E-state index contributed by atoms with van der Waals surface area (Å²) >= 11 is 0. The third kappa shape index (κ3) is 3.14. The van der Waals surface area contributed by atoms with Crippen molar-refractivity contribution in [3.63, 3.8) is 0 Å². The maximum Gasteiger partial charge on any atom is 0.347 e. The Kier molecular flexibility index (Phi) is 4.35. The summed E-state index contributed by atoms with van der Waals surface area (Å²) in [5, 5.41) is 9.52. The molecule has 0 fully saturated rings. The third-order valence-corrected chi connectivity index (χ3v) is 5.34. The number of para-hydroxylation sites is 1. The van der Waals surface area contributed by atoms with E-state index in [0.717, 1.165) is 28.5 Å². The van der Waals surface area contributed by atoms with E-state index in [0.29, 0.717) is 23.0 Å². The highest BCUT2D eigenvalue weighted by Crippen LogP contribution is 2.23. The zero-order valence-electron chi connectivity index (χ0n) is 16.4. The van der Waals surface area contributed by atoms with Crippen molar-refractivity contribution in [3.05, 3.63) is 76.4 Å². The average molecular weight is 400 g/mol. The van der Waals surface area contributed by atoms with Crippen LogP contribution in [0.15, 0.2) is 64.1 Å². The number of aromatic amines is 1. The molecule has 5 rings (SSSR count). The number of nitrogens with one attached hydrogen (secondary N) is 2. The second-order valence-electron chi connectivity index (χ2n) is 7.41. The molecule has 3 heterocycles. The number of H-pyrrole nitrogens is 1. The monoisotopic (exact) mass is 400 g/mol. The normalized spacial score (nSPS) is 11.5. The van der Waals surface area contributed by atoms with Crippen molar-refractivity contribution in [1.82, 2.24) is 20.1 Å². The summed E-state index contributed by atoms with van der Waals surface area (Å²) in [5.41, 5.74) is 3.94. The average Bonchev–Trinajstić information content (AvgIpc) is 3.34. The van der Waals surface area contributed by atoms with E-state index in [1.54, 1.807) is 10.7 Å². The molecule has 2 aromatic carbocycles. The number of rotatable bonds is 5. The molecule has 0 aliphatic rings. The van der Waals surface area contributed by atoms with Gasteiger partial charge in [0.2, 0.25) is 5.91 Å². The van der Waals surface area contributed by atoms with Crippen LogP contribution in [0.5, 0.6) is 0 Å². The van der Waals surface area contributed by atoms with Gasteiger partial charge in [-0.2, -0.15) is 5.10 Å². The maximum atomic E-state index is 12.6. The second-order valence-corrected chi connectivity index (χ2v) is 7.41. The molecule has 2 N–H and O–H groups in total. The van der Waals surface area contributed by atoms with Gasteiger partial charge in [-0.05, 0) is 37.1 Å². The van der Waals surface area contributed by atoms with Gasteiger partial charge in [0.1, 0.15) is 17.5 Å². The zero-order chi connectivity index (χ0) is 20.7. The van der Waals surface area contributed by atoms with Crippen LogP contribution in [-0.2, 0) is 17.8 Å². The molecule has 5 aromatic rings. The predicted octanol–water partition coefficient (Wildman–Crippen LogP) is 3.29. The molecule has 0 bridgehead atoms. The molecule has 1 amide bonds. The van der Waals surface area contributed by atoms with Crippen LogP contribution in [0.25, 0.3) is 32.8 Å². The molecule has 0 aliphatic heterocycles. The first kappa shape index (κ1) is 18.2. The lowest BCUT2D eigenvalue weighted by atomic mass is 10.1. The number of amides is 1. The summed E-state index contributed by atoms with van der Waals surface area (Å²) in [6, 6.07) is 13.7. The van der Waals surface area contributed by atoms with Gasteiger partial charge in [0.25, 0.3) is 0 Å². The van der Waals surface area contributed by atoms with Gasteiger partial charge >= 0.3 is 5.63 Å². The van der Waals surface area contributed by atoms with E-state index in [1.165, 1.54) is 11.6 Å². The van der Waals surface area contributed by atoms with Crippen molar-refractivity contribution < 1.29 is 9.21 Å². The Hall–Kier alpha value is -3.87. The third-order valence-electron chi connectivity index (χ3n) is 5.34. The number of benzene rings is 2. The van der Waals surface area contributed by atoms with Crippen LogP contribution >= 0.6 is 0 Å². The molecule has 0 radical (unpaired) electrons. The fourth-order valence-electron chi connectivity index (χ4n) is 3.88. The van der Waals surface area contributed by atoms with Gasteiger partial charge in [0.15, 0.2) is 0 Å². The lowest BCUT2D eigenvalue weighted by Crippen LogP contribution is -2.29. The van der Waals surface area contributed by atoms with Crippen LogP contribution in [0, 0.1) is 6.92 Å². The summed E-state index contributed by atoms with van der Waals surface area (Å²) in [7, 11) is 0. The number of carbonyl (C=O) groups is 1. The molecule has 7 nitrogen and oxygen atoms in total. The first-order valence-corrected chi connectivity index (χ1v) is 9.81. The fraction of sp³-hybridized carbons (Fsp3) is 0.174. The van der Waals surface area contributed by atoms with E-state index in [-0.39, 0.29) is 12.5 Å². The van der Waals surface area contributed by atoms with Gasteiger partial charge in [-0.15, -0.1) is 0 Å². The number of carbonyl (C=O) groups excluding carboxylic acids is 1. The lowest BCUT2D eigenvalue weighted by Gasteiger charge is -2.08. The standard InChI is InChI=1S/C23H20N4O3/c1-14-6-7-20-17(10-14)22-18(23(29)30-20)12-26-27(22)13-21(28)24-9-8-15-11-25-19-5-3-2-4-16(15)19/h2-7,10-12,25H,8-9,13H2,1H3,(H,24,28). The molecule has 0 unspecified atom stereocenters. The van der Waals surface area contributed by atoms with Crippen LogP contribution in [0.1, 0.15) is 11.1 Å². The van der Waals surface area contributed by atoms with Crippen molar-refractivity contribution in [3.8, 4) is 0 Å². The van der Waals surface area contributed by atoms with Crippen molar-refractivity contribution in [1.29, 1.82) is 0 Å². The minimum atomic E-state index is -0.452. The Balaban J connectivity index is 1.35. The number of hydrogen-bond acceptors (Lipinski definition) is 4. The van der Waals surface area contributed by atoms with Crippen molar-refractivity contribution in [2.75, 3.05) is 6.54 Å². The molecular weight excluding hydrogens is 380 g/mol. The highest BCUT2D eigenvalue weighted by Gasteiger charge is 2.15. The molecule has 30 heavy (non-hydrogen) atoms. The van der Waals surface area contributed by atoms with E-state index in [2.05, 4.69) is 21.5 Å². The Morgan fingerprint density at radius 1 is 1.17 bits per heavy atom. The summed E-state index contributed by atoms with van der Waals surface area (Å²) in [6.07, 6.45) is 4.16. The number of aromatic nitrogens is 3. The Labute approximate surface area is 171 Å². The second kappa shape index (κ2) is 7.18. The van der Waals surface area contributed by atoms with E-state index >= 15 is 0 Å². The van der Waals surface area contributed by atoms with Gasteiger partial charge in [-0.3, -0.25) is 9.48 Å². The van der Waals surface area contributed by atoms with Gasteiger partial charge < -0.3 is 14.7 Å². The smallest absolute Gasteiger partial charge is 0.347 e. The fourth-order valence-corrected chi connectivity index (χ4v) is 3.88. The number of nitrogens with zero attached hydrogens (tertiary/aromatic N) is 2. The molecule has 0 atom stereocenters. The number of aryl methyl sites for hydroxylation is 1. The first-order valence-electron chi connectivity index (χ1n) is 9.81. The van der Waals surface area contributed by atoms with Crippen LogP contribution in [-0.4, -0.2) is 27.2 Å². The predicted molar refractivity (Wildman–Crippen MR) is 116 cm³/mol. The Morgan fingerprint density at radius 3 is 2.93 bits per heavy atom. The van der Waals surface area contributed by atoms with Crippen LogP contribution in [0.4, 0.5) is 0 Å². The van der Waals surface area contributed by atoms with E-state index in [9.17, 15) is 9.59 Å². The van der Waals surface area contributed by atoms with Crippen LogP contribution in [0.2, 0.25) is 0 Å². The molecule has 3 aromatic heterocycles. The van der Waals surface area contributed by atoms with Crippen LogP contribution in [0.3, 0.4) is 0 Å². The Bertz CT molecular complexity index is 1460. The van der Waals surface area contributed by atoms with Gasteiger partial charge in [0.05, 0.1) is 11.7 Å². The highest BCUT2D eigenvalue weighted by molar-refractivity contribution is 6.02. The minimum Gasteiger partial charge on any atom is -0.422 e. The summed E-state index contributed by atoms with van der Waals surface area (Å²) in [4.78, 5) is 28.1. The number of fused-ring (bicyclic) bond motifs is 4. The zero-order valence-corrected chi connectivity index (χ0v) is 16.4. The Morgan fingerprint density at radius 2 is 2.03 bits per heavy atom. The summed E-state index contributed by atoms with van der Waals surface area (Å²) in [6.45, 7) is 2.51. The lowest BCUT2D eigenvalue weighted by molar-refractivity contribution is -0.121. The minimum absolute atomic E-state index is 0.0316. The molecule has 0 aliphatic carbocycles. The summed E-state index contributed by atoms with van der Waals surface area (Å²) in [5.74, 6) is -0.158. The van der Waals surface area contributed by atoms with E-state index < -0.39 is 5.63 Å². The largest absolute Gasteiger partial charge is 0.422 e. The van der Waals surface area contributed by atoms with Gasteiger partial charge in [0, 0.05) is 29.0 Å². The maximum absolute atomic E-state index is 12.6. The molecule has 0 saturated heterocycles. The molecular formula is C23H20N4O3. The SMILES string of the molecule is Cc1ccc2oc(=O)c3cnn(CC(=O)NCCc4c[nH]c5ccccc45)c3c2c1.